The van der Waals surface area contributed by atoms with Gasteiger partial charge in [-0.15, -0.1) is 0 Å². The molecule has 1 rings (SSSR count). The van der Waals surface area contributed by atoms with Gasteiger partial charge in [-0.1, -0.05) is 12.2 Å². The van der Waals surface area contributed by atoms with Crippen molar-refractivity contribution in [3.8, 4) is 0 Å². The fourth-order valence-corrected chi connectivity index (χ4v) is 1.70. The van der Waals surface area contributed by atoms with Gasteiger partial charge in [-0.2, -0.15) is 0 Å². The summed E-state index contributed by atoms with van der Waals surface area (Å²) in [6.45, 7) is 5.14. The fraction of sp³-hybridized carbons (Fsp3) is 0.500. The molecule has 1 unspecified atom stereocenters. The Labute approximate surface area is 89.8 Å². The Morgan fingerprint density at radius 1 is 1.60 bits per heavy atom. The van der Waals surface area contributed by atoms with Crippen LogP contribution in [0.15, 0.2) is 23.3 Å². The van der Waals surface area contributed by atoms with Crippen LogP contribution in [0, 0.1) is 0 Å². The van der Waals surface area contributed by atoms with Crippen molar-refractivity contribution < 1.29 is 14.3 Å². The van der Waals surface area contributed by atoms with Crippen molar-refractivity contribution in [2.75, 3.05) is 0 Å². The number of ketones is 1. The van der Waals surface area contributed by atoms with Crippen molar-refractivity contribution in [3.63, 3.8) is 0 Å². The molecule has 0 aliphatic heterocycles. The van der Waals surface area contributed by atoms with Gasteiger partial charge < -0.3 is 4.74 Å². The van der Waals surface area contributed by atoms with Crippen LogP contribution in [0.25, 0.3) is 0 Å². The predicted molar refractivity (Wildman–Crippen MR) is 57.3 cm³/mol. The first-order chi connectivity index (χ1) is 7.06. The largest absolute Gasteiger partial charge is 0.458 e. The average molecular weight is 208 g/mol. The quantitative estimate of drug-likeness (QED) is 0.527. The van der Waals surface area contributed by atoms with Crippen molar-refractivity contribution in [1.29, 1.82) is 0 Å². The number of hydrogen-bond donors (Lipinski definition) is 0. The standard InChI is InChI=1S/C12H16O3/c1-4-5-6-10-8(2)12(7-11(10)14)15-9(3)13/h4-5,12H,6-7H2,1-3H3/b5-4-. The average Bonchev–Trinajstić information content (AvgIpc) is 2.39. The molecule has 0 spiro atoms. The van der Waals surface area contributed by atoms with Gasteiger partial charge in [0.25, 0.3) is 0 Å². The van der Waals surface area contributed by atoms with Gasteiger partial charge in [0.2, 0.25) is 0 Å². The number of ether oxygens (including phenoxy) is 1. The zero-order valence-electron chi connectivity index (χ0n) is 9.37. The van der Waals surface area contributed by atoms with Gasteiger partial charge in [0.05, 0.1) is 6.42 Å². The summed E-state index contributed by atoms with van der Waals surface area (Å²) in [6, 6.07) is 0. The number of Topliss-reactive ketones (excluding diaryl/α,β-unsaturated/α-hetero) is 1. The molecule has 0 bridgehead atoms. The summed E-state index contributed by atoms with van der Waals surface area (Å²) >= 11 is 0. The summed E-state index contributed by atoms with van der Waals surface area (Å²) < 4.78 is 5.06. The SMILES string of the molecule is C/C=C\CC1=C(C)C(OC(C)=O)CC1=O. The van der Waals surface area contributed by atoms with Crippen LogP contribution in [0.4, 0.5) is 0 Å². The molecule has 0 heterocycles. The minimum Gasteiger partial charge on any atom is -0.458 e. The molecule has 1 aliphatic rings. The van der Waals surface area contributed by atoms with E-state index in [1.807, 2.05) is 26.0 Å². The van der Waals surface area contributed by atoms with E-state index >= 15 is 0 Å². The number of allylic oxidation sites excluding steroid dienone is 3. The lowest BCUT2D eigenvalue weighted by Crippen LogP contribution is -2.15. The lowest BCUT2D eigenvalue weighted by molar-refractivity contribution is -0.144. The summed E-state index contributed by atoms with van der Waals surface area (Å²) in [5.74, 6) is -0.240. The van der Waals surface area contributed by atoms with Gasteiger partial charge >= 0.3 is 5.97 Å². The van der Waals surface area contributed by atoms with Crippen LogP contribution in [0.3, 0.4) is 0 Å². The highest BCUT2D eigenvalue weighted by Crippen LogP contribution is 2.28. The summed E-state index contributed by atoms with van der Waals surface area (Å²) in [7, 11) is 0. The zero-order chi connectivity index (χ0) is 11.4. The first-order valence-electron chi connectivity index (χ1n) is 5.07. The van der Waals surface area contributed by atoms with Crippen LogP contribution in [0.2, 0.25) is 0 Å². The van der Waals surface area contributed by atoms with Crippen molar-refractivity contribution in [1.82, 2.24) is 0 Å². The van der Waals surface area contributed by atoms with Gasteiger partial charge in [0, 0.05) is 12.5 Å². The maximum Gasteiger partial charge on any atom is 0.303 e. The van der Waals surface area contributed by atoms with E-state index in [0.717, 1.165) is 11.1 Å². The third-order valence-electron chi connectivity index (χ3n) is 2.53. The van der Waals surface area contributed by atoms with Gasteiger partial charge in [-0.3, -0.25) is 9.59 Å². The summed E-state index contributed by atoms with van der Waals surface area (Å²) in [6.07, 6.45) is 4.45. The van der Waals surface area contributed by atoms with Crippen LogP contribution in [0.1, 0.15) is 33.6 Å². The van der Waals surface area contributed by atoms with Crippen molar-refractivity contribution in [3.05, 3.63) is 23.3 Å². The lowest BCUT2D eigenvalue weighted by atomic mass is 10.1. The summed E-state index contributed by atoms with van der Waals surface area (Å²) in [5, 5.41) is 0. The summed E-state index contributed by atoms with van der Waals surface area (Å²) in [5.41, 5.74) is 1.69. The van der Waals surface area contributed by atoms with Gasteiger partial charge in [0.15, 0.2) is 5.78 Å². The second kappa shape index (κ2) is 4.91. The molecular weight excluding hydrogens is 192 g/mol. The Kier molecular flexibility index (Phi) is 3.83. The van der Waals surface area contributed by atoms with E-state index in [0.29, 0.717) is 12.8 Å². The van der Waals surface area contributed by atoms with E-state index in [9.17, 15) is 9.59 Å². The van der Waals surface area contributed by atoms with Crippen molar-refractivity contribution >= 4 is 11.8 Å². The van der Waals surface area contributed by atoms with Crippen LogP contribution >= 0.6 is 0 Å². The third-order valence-corrected chi connectivity index (χ3v) is 2.53. The van der Waals surface area contributed by atoms with Crippen molar-refractivity contribution in [2.24, 2.45) is 0 Å². The van der Waals surface area contributed by atoms with E-state index in [4.69, 9.17) is 4.74 Å². The van der Waals surface area contributed by atoms with E-state index < -0.39 is 0 Å². The van der Waals surface area contributed by atoms with Crippen molar-refractivity contribution in [2.45, 2.75) is 39.7 Å². The molecule has 0 saturated heterocycles. The molecule has 0 aromatic rings. The predicted octanol–water partition coefficient (Wildman–Crippen LogP) is 2.17. The maximum atomic E-state index is 11.6. The monoisotopic (exact) mass is 208 g/mol. The molecule has 1 atom stereocenters. The van der Waals surface area contributed by atoms with Crippen LogP contribution in [-0.2, 0) is 14.3 Å². The number of esters is 1. The lowest BCUT2D eigenvalue weighted by Gasteiger charge is -2.10. The fourth-order valence-electron chi connectivity index (χ4n) is 1.70. The maximum absolute atomic E-state index is 11.6. The highest BCUT2D eigenvalue weighted by Gasteiger charge is 2.30. The topological polar surface area (TPSA) is 43.4 Å². The first kappa shape index (κ1) is 11.7. The Morgan fingerprint density at radius 2 is 2.27 bits per heavy atom. The molecule has 0 fully saturated rings. The molecule has 3 heteroatoms. The van der Waals surface area contributed by atoms with E-state index in [1.165, 1.54) is 6.92 Å². The Hall–Kier alpha value is -1.38. The molecule has 0 N–H and O–H groups in total. The second-order valence-corrected chi connectivity index (χ2v) is 3.66. The van der Waals surface area contributed by atoms with E-state index in [-0.39, 0.29) is 17.9 Å². The number of rotatable bonds is 3. The molecular formula is C12H16O3. The zero-order valence-corrected chi connectivity index (χ0v) is 9.37. The third kappa shape index (κ3) is 2.78. The molecule has 3 nitrogen and oxygen atoms in total. The summed E-state index contributed by atoms with van der Waals surface area (Å²) in [4.78, 5) is 22.4. The number of hydrogen-bond acceptors (Lipinski definition) is 3. The van der Waals surface area contributed by atoms with Crippen LogP contribution in [-0.4, -0.2) is 17.9 Å². The van der Waals surface area contributed by atoms with Crippen LogP contribution in [0.5, 0.6) is 0 Å². The molecule has 0 aromatic carbocycles. The van der Waals surface area contributed by atoms with E-state index in [1.54, 1.807) is 0 Å². The Morgan fingerprint density at radius 3 is 2.80 bits per heavy atom. The van der Waals surface area contributed by atoms with Crippen LogP contribution < -0.4 is 0 Å². The molecule has 0 amide bonds. The Balaban J connectivity index is 2.78. The first-order valence-corrected chi connectivity index (χ1v) is 5.07. The highest BCUT2D eigenvalue weighted by molar-refractivity contribution is 6.00. The highest BCUT2D eigenvalue weighted by atomic mass is 16.5. The molecule has 0 radical (unpaired) electrons. The molecule has 0 aromatic heterocycles. The van der Waals surface area contributed by atoms with Gasteiger partial charge in [-0.25, -0.2) is 0 Å². The van der Waals surface area contributed by atoms with Gasteiger partial charge in [-0.05, 0) is 25.8 Å². The second-order valence-electron chi connectivity index (χ2n) is 3.66. The number of carbonyl (C=O) groups is 2. The number of carbonyl (C=O) groups excluding carboxylic acids is 2. The van der Waals surface area contributed by atoms with E-state index in [2.05, 4.69) is 0 Å². The molecule has 0 saturated carbocycles. The normalized spacial score (nSPS) is 21.5. The Bertz CT molecular complexity index is 337. The van der Waals surface area contributed by atoms with Gasteiger partial charge in [0.1, 0.15) is 6.10 Å². The molecule has 82 valence electrons. The smallest absolute Gasteiger partial charge is 0.303 e. The molecule has 1 aliphatic carbocycles. The molecule has 15 heavy (non-hydrogen) atoms. The minimum atomic E-state index is -0.338. The minimum absolute atomic E-state index is 0.0943.